The molecule has 21 heavy (non-hydrogen) atoms. The number of aryl methyl sites for hydroxylation is 1. The number of carbonyl (C=O) groups is 1. The Hall–Kier alpha value is -2.51. The first-order valence-corrected chi connectivity index (χ1v) is 5.83. The minimum atomic E-state index is -4.39. The average Bonchev–Trinajstić information content (AvgIpc) is 2.77. The van der Waals surface area contributed by atoms with Crippen molar-refractivity contribution in [2.45, 2.75) is 12.8 Å². The Kier molecular flexibility index (Phi) is 3.88. The predicted molar refractivity (Wildman–Crippen MR) is 65.9 cm³/mol. The van der Waals surface area contributed by atoms with Crippen LogP contribution in [0, 0.1) is 0 Å². The van der Waals surface area contributed by atoms with Crippen LogP contribution in [0.4, 0.5) is 13.2 Å². The number of rotatable bonds is 4. The topological polar surface area (TPSA) is 64.4 Å². The van der Waals surface area contributed by atoms with Gasteiger partial charge in [0.1, 0.15) is 23.7 Å². The van der Waals surface area contributed by atoms with Crippen LogP contribution >= 0.6 is 0 Å². The molecule has 112 valence electrons. The van der Waals surface area contributed by atoms with Crippen LogP contribution < -0.4 is 4.74 Å². The molecule has 0 bridgehead atoms. The molecule has 0 spiro atoms. The highest BCUT2D eigenvalue weighted by Gasteiger charge is 2.30. The summed E-state index contributed by atoms with van der Waals surface area (Å²) in [6, 6.07) is 5.56. The second kappa shape index (κ2) is 5.47. The maximum atomic E-state index is 12.4. The molecule has 0 amide bonds. The third-order valence-electron chi connectivity index (χ3n) is 2.72. The molecule has 0 saturated carbocycles. The lowest BCUT2D eigenvalue weighted by Crippen LogP contribution is -2.05. The first-order valence-electron chi connectivity index (χ1n) is 5.83. The Morgan fingerprint density at radius 3 is 2.43 bits per heavy atom. The van der Waals surface area contributed by atoms with E-state index in [0.29, 0.717) is 5.69 Å². The van der Waals surface area contributed by atoms with Crippen molar-refractivity contribution >= 4 is 5.97 Å². The van der Waals surface area contributed by atoms with Gasteiger partial charge in [0, 0.05) is 7.05 Å². The van der Waals surface area contributed by atoms with Crippen LogP contribution in [0.5, 0.6) is 5.75 Å². The van der Waals surface area contributed by atoms with Gasteiger partial charge < -0.3 is 9.84 Å². The summed E-state index contributed by atoms with van der Waals surface area (Å²) in [5, 5.41) is 12.8. The van der Waals surface area contributed by atoms with Gasteiger partial charge in [0.15, 0.2) is 0 Å². The van der Waals surface area contributed by atoms with Crippen molar-refractivity contribution in [1.82, 2.24) is 9.78 Å². The van der Waals surface area contributed by atoms with E-state index >= 15 is 0 Å². The molecule has 0 aliphatic heterocycles. The molecule has 0 radical (unpaired) electrons. The van der Waals surface area contributed by atoms with Crippen molar-refractivity contribution in [2.75, 3.05) is 0 Å². The predicted octanol–water partition coefficient (Wildman–Crippen LogP) is 2.72. The van der Waals surface area contributed by atoms with Crippen molar-refractivity contribution < 1.29 is 27.8 Å². The molecule has 0 aliphatic carbocycles. The number of carboxylic acid groups (broad SMARTS) is 1. The number of alkyl halides is 3. The van der Waals surface area contributed by atoms with E-state index in [2.05, 4.69) is 5.10 Å². The molecule has 8 heteroatoms. The van der Waals surface area contributed by atoms with E-state index in [-0.39, 0.29) is 18.1 Å². The lowest BCUT2D eigenvalue weighted by Gasteiger charge is -2.08. The molecule has 0 saturated heterocycles. The van der Waals surface area contributed by atoms with Gasteiger partial charge in [-0.3, -0.25) is 4.68 Å². The van der Waals surface area contributed by atoms with Crippen LogP contribution in [0.25, 0.3) is 0 Å². The fourth-order valence-electron chi connectivity index (χ4n) is 1.69. The summed E-state index contributed by atoms with van der Waals surface area (Å²) in [7, 11) is 1.48. The zero-order valence-corrected chi connectivity index (χ0v) is 10.9. The quantitative estimate of drug-likeness (QED) is 0.943. The molecule has 1 N–H and O–H groups in total. The number of carboxylic acids is 1. The van der Waals surface area contributed by atoms with E-state index in [0.717, 1.165) is 12.1 Å². The van der Waals surface area contributed by atoms with E-state index in [1.165, 1.54) is 29.9 Å². The number of benzene rings is 1. The number of ether oxygens (including phenoxy) is 1. The maximum Gasteiger partial charge on any atom is 0.416 e. The fraction of sp³-hybridized carbons (Fsp3) is 0.231. The molecular formula is C13H11F3N2O3. The first-order chi connectivity index (χ1) is 9.77. The molecule has 0 aliphatic rings. The van der Waals surface area contributed by atoms with Gasteiger partial charge in [0.25, 0.3) is 0 Å². The first kappa shape index (κ1) is 14.9. The molecule has 1 aromatic heterocycles. The number of hydrogen-bond acceptors (Lipinski definition) is 3. The average molecular weight is 300 g/mol. The van der Waals surface area contributed by atoms with Gasteiger partial charge in [-0.25, -0.2) is 4.79 Å². The van der Waals surface area contributed by atoms with Crippen molar-refractivity contribution in [1.29, 1.82) is 0 Å². The molecule has 0 unspecified atom stereocenters. The smallest absolute Gasteiger partial charge is 0.416 e. The highest BCUT2D eigenvalue weighted by atomic mass is 19.4. The highest BCUT2D eigenvalue weighted by molar-refractivity contribution is 5.85. The largest absolute Gasteiger partial charge is 0.487 e. The van der Waals surface area contributed by atoms with Gasteiger partial charge in [-0.15, -0.1) is 0 Å². The van der Waals surface area contributed by atoms with Crippen molar-refractivity contribution in [2.24, 2.45) is 7.05 Å². The molecule has 0 atom stereocenters. The number of aromatic carboxylic acids is 1. The van der Waals surface area contributed by atoms with E-state index in [4.69, 9.17) is 9.84 Å². The van der Waals surface area contributed by atoms with Gasteiger partial charge in [-0.1, -0.05) is 0 Å². The maximum absolute atomic E-state index is 12.4. The summed E-state index contributed by atoms with van der Waals surface area (Å²) >= 11 is 0. The molecule has 0 fully saturated rings. The third kappa shape index (κ3) is 3.53. The monoisotopic (exact) mass is 300 g/mol. The van der Waals surface area contributed by atoms with Crippen molar-refractivity contribution in [3.05, 3.63) is 47.3 Å². The Bertz CT molecular complexity index is 648. The fourth-order valence-corrected chi connectivity index (χ4v) is 1.69. The van der Waals surface area contributed by atoms with Crippen LogP contribution in [0.1, 0.15) is 21.7 Å². The molecule has 1 heterocycles. The lowest BCUT2D eigenvalue weighted by atomic mass is 10.2. The van der Waals surface area contributed by atoms with Crippen molar-refractivity contribution in [3.63, 3.8) is 0 Å². The number of hydrogen-bond donors (Lipinski definition) is 1. The Balaban J connectivity index is 2.03. The summed E-state index contributed by atoms with van der Waals surface area (Å²) in [5.41, 5.74) is -0.392. The Morgan fingerprint density at radius 1 is 1.33 bits per heavy atom. The zero-order valence-electron chi connectivity index (χ0n) is 10.9. The SMILES string of the molecule is Cn1nc(COc2ccc(C(F)(F)F)cc2)cc1C(=O)O. The number of nitrogens with zero attached hydrogens (tertiary/aromatic N) is 2. The van der Waals surface area contributed by atoms with Crippen LogP contribution in [0.15, 0.2) is 30.3 Å². The summed E-state index contributed by atoms with van der Waals surface area (Å²) in [6.45, 7) is -0.0352. The normalized spacial score (nSPS) is 11.4. The highest BCUT2D eigenvalue weighted by Crippen LogP contribution is 2.30. The van der Waals surface area contributed by atoms with Crippen LogP contribution in [-0.4, -0.2) is 20.9 Å². The van der Waals surface area contributed by atoms with Gasteiger partial charge in [0.2, 0.25) is 0 Å². The van der Waals surface area contributed by atoms with Crippen LogP contribution in [0.3, 0.4) is 0 Å². The van der Waals surface area contributed by atoms with Crippen molar-refractivity contribution in [3.8, 4) is 5.75 Å². The molecule has 2 rings (SSSR count). The number of aromatic nitrogens is 2. The zero-order chi connectivity index (χ0) is 15.6. The second-order valence-electron chi connectivity index (χ2n) is 4.26. The lowest BCUT2D eigenvalue weighted by molar-refractivity contribution is -0.137. The molecule has 2 aromatic rings. The van der Waals surface area contributed by atoms with Gasteiger partial charge >= 0.3 is 12.1 Å². The molecule has 1 aromatic carbocycles. The summed E-state index contributed by atoms with van der Waals surface area (Å²) in [4.78, 5) is 10.8. The van der Waals surface area contributed by atoms with Crippen LogP contribution in [-0.2, 0) is 19.8 Å². The van der Waals surface area contributed by atoms with E-state index in [9.17, 15) is 18.0 Å². The second-order valence-corrected chi connectivity index (χ2v) is 4.26. The van der Waals surface area contributed by atoms with Gasteiger partial charge in [-0.05, 0) is 30.3 Å². The standard InChI is InChI=1S/C13H11F3N2O3/c1-18-11(12(19)20)6-9(17-18)7-21-10-4-2-8(3-5-10)13(14,15)16/h2-6H,7H2,1H3,(H,19,20). The van der Waals surface area contributed by atoms with Gasteiger partial charge in [-0.2, -0.15) is 18.3 Å². The van der Waals surface area contributed by atoms with E-state index in [1.54, 1.807) is 0 Å². The minimum Gasteiger partial charge on any atom is -0.487 e. The Labute approximate surface area is 117 Å². The van der Waals surface area contributed by atoms with E-state index in [1.807, 2.05) is 0 Å². The molecular weight excluding hydrogens is 289 g/mol. The minimum absolute atomic E-state index is 0.000944. The number of halogens is 3. The van der Waals surface area contributed by atoms with Gasteiger partial charge in [0.05, 0.1) is 5.56 Å². The van der Waals surface area contributed by atoms with E-state index < -0.39 is 17.7 Å². The summed E-state index contributed by atoms with van der Waals surface area (Å²) < 4.78 is 43.6. The summed E-state index contributed by atoms with van der Waals surface area (Å²) in [5.74, 6) is -0.878. The summed E-state index contributed by atoms with van der Waals surface area (Å²) in [6.07, 6.45) is -4.39. The Morgan fingerprint density at radius 2 is 1.95 bits per heavy atom. The van der Waals surface area contributed by atoms with Crippen LogP contribution in [0.2, 0.25) is 0 Å². The molecule has 5 nitrogen and oxygen atoms in total. The third-order valence-corrected chi connectivity index (χ3v) is 2.72.